The lowest BCUT2D eigenvalue weighted by Crippen LogP contribution is -2.59. The van der Waals surface area contributed by atoms with Crippen molar-refractivity contribution < 1.29 is 25.2 Å². The molecule has 0 aliphatic carbocycles. The van der Waals surface area contributed by atoms with Crippen LogP contribution in [-0.2, 0) is 4.74 Å². The van der Waals surface area contributed by atoms with Crippen LogP contribution in [0.3, 0.4) is 0 Å². The fraction of sp³-hybridized carbons (Fsp3) is 1.00. The fourth-order valence-electron chi connectivity index (χ4n) is 1.67. The molecule has 15 heavy (non-hydrogen) atoms. The van der Waals surface area contributed by atoms with E-state index in [4.69, 9.17) is 4.74 Å². The van der Waals surface area contributed by atoms with Crippen molar-refractivity contribution in [3.63, 3.8) is 0 Å². The van der Waals surface area contributed by atoms with E-state index < -0.39 is 36.0 Å². The highest BCUT2D eigenvalue weighted by atomic mass is 32.1. The van der Waals surface area contributed by atoms with Crippen LogP contribution in [0.2, 0.25) is 0 Å². The van der Waals surface area contributed by atoms with E-state index in [1.807, 2.05) is 6.92 Å². The molecule has 1 aliphatic heterocycles. The molecule has 0 spiro atoms. The predicted octanol–water partition coefficient (Wildman–Crippen LogP) is -1.12. The van der Waals surface area contributed by atoms with E-state index in [1.54, 1.807) is 0 Å². The Morgan fingerprint density at radius 3 is 2.33 bits per heavy atom. The molecule has 0 saturated carbocycles. The smallest absolute Gasteiger partial charge is 0.129 e. The lowest BCUT2D eigenvalue weighted by molar-refractivity contribution is -0.221. The van der Waals surface area contributed by atoms with Crippen LogP contribution < -0.4 is 0 Å². The van der Waals surface area contributed by atoms with Crippen LogP contribution in [0.25, 0.3) is 0 Å². The zero-order valence-electron chi connectivity index (χ0n) is 8.52. The molecule has 1 fully saturated rings. The van der Waals surface area contributed by atoms with Gasteiger partial charge >= 0.3 is 0 Å². The van der Waals surface area contributed by atoms with E-state index in [0.29, 0.717) is 6.42 Å². The first-order chi connectivity index (χ1) is 6.99. The van der Waals surface area contributed by atoms with Crippen LogP contribution in [0.5, 0.6) is 0 Å². The monoisotopic (exact) mass is 238 g/mol. The zero-order chi connectivity index (χ0) is 11.6. The zero-order valence-corrected chi connectivity index (χ0v) is 9.42. The van der Waals surface area contributed by atoms with Crippen molar-refractivity contribution in [2.24, 2.45) is 0 Å². The second kappa shape index (κ2) is 5.47. The molecule has 0 aromatic rings. The Labute approximate surface area is 94.1 Å². The molecular formula is C9H18O5S. The van der Waals surface area contributed by atoms with Crippen molar-refractivity contribution >= 4 is 12.6 Å². The molecule has 4 N–H and O–H groups in total. The van der Waals surface area contributed by atoms with Gasteiger partial charge in [0.05, 0.1) is 6.10 Å². The van der Waals surface area contributed by atoms with E-state index in [-0.39, 0.29) is 0 Å². The second-order valence-electron chi connectivity index (χ2n) is 3.82. The minimum absolute atomic E-state index is 0.463. The number of aliphatic hydroxyl groups is 4. The molecule has 6 heteroatoms. The van der Waals surface area contributed by atoms with Gasteiger partial charge in [0.25, 0.3) is 0 Å². The van der Waals surface area contributed by atoms with Gasteiger partial charge in [-0.25, -0.2) is 0 Å². The molecule has 90 valence electrons. The quantitative estimate of drug-likeness (QED) is 0.402. The third-order valence-electron chi connectivity index (χ3n) is 2.59. The first kappa shape index (κ1) is 13.2. The third-order valence-corrected chi connectivity index (χ3v) is 3.02. The summed E-state index contributed by atoms with van der Waals surface area (Å²) in [6, 6.07) is 0. The van der Waals surface area contributed by atoms with Gasteiger partial charge < -0.3 is 25.2 Å². The van der Waals surface area contributed by atoms with Gasteiger partial charge in [0.1, 0.15) is 29.9 Å². The molecular weight excluding hydrogens is 220 g/mol. The molecule has 0 aromatic heterocycles. The van der Waals surface area contributed by atoms with Crippen LogP contribution in [-0.4, -0.2) is 56.4 Å². The summed E-state index contributed by atoms with van der Waals surface area (Å²) >= 11 is 3.92. The van der Waals surface area contributed by atoms with Crippen molar-refractivity contribution in [2.45, 2.75) is 55.7 Å². The van der Waals surface area contributed by atoms with Gasteiger partial charge in [-0.15, -0.1) is 12.6 Å². The Kier molecular flexibility index (Phi) is 4.82. The molecule has 6 atom stereocenters. The van der Waals surface area contributed by atoms with Gasteiger partial charge in [0, 0.05) is 0 Å². The van der Waals surface area contributed by atoms with E-state index in [1.165, 1.54) is 0 Å². The van der Waals surface area contributed by atoms with Crippen molar-refractivity contribution in [3.05, 3.63) is 0 Å². The predicted molar refractivity (Wildman–Crippen MR) is 56.6 cm³/mol. The van der Waals surface area contributed by atoms with E-state index in [0.717, 1.165) is 6.42 Å². The summed E-state index contributed by atoms with van der Waals surface area (Å²) in [7, 11) is 0. The van der Waals surface area contributed by atoms with E-state index >= 15 is 0 Å². The van der Waals surface area contributed by atoms with Gasteiger partial charge in [-0.3, -0.25) is 0 Å². The molecule has 5 nitrogen and oxygen atoms in total. The van der Waals surface area contributed by atoms with Crippen LogP contribution in [0, 0.1) is 0 Å². The van der Waals surface area contributed by atoms with Crippen molar-refractivity contribution in [2.75, 3.05) is 0 Å². The topological polar surface area (TPSA) is 90.2 Å². The molecule has 0 radical (unpaired) electrons. The average Bonchev–Trinajstić information content (AvgIpc) is 2.20. The minimum Gasteiger partial charge on any atom is -0.390 e. The van der Waals surface area contributed by atoms with Crippen LogP contribution in [0.1, 0.15) is 19.8 Å². The van der Waals surface area contributed by atoms with Gasteiger partial charge in [0.15, 0.2) is 0 Å². The van der Waals surface area contributed by atoms with Crippen LogP contribution in [0.4, 0.5) is 0 Å². The first-order valence-electron chi connectivity index (χ1n) is 5.04. The van der Waals surface area contributed by atoms with Crippen molar-refractivity contribution in [3.8, 4) is 0 Å². The Hall–Kier alpha value is 0.150. The van der Waals surface area contributed by atoms with Gasteiger partial charge in [-0.05, 0) is 6.42 Å². The average molecular weight is 238 g/mol. The van der Waals surface area contributed by atoms with Crippen molar-refractivity contribution in [1.29, 1.82) is 0 Å². The highest BCUT2D eigenvalue weighted by molar-refractivity contribution is 7.80. The van der Waals surface area contributed by atoms with E-state index in [2.05, 4.69) is 12.6 Å². The maximum absolute atomic E-state index is 9.65. The summed E-state index contributed by atoms with van der Waals surface area (Å²) in [4.78, 5) is 0. The largest absolute Gasteiger partial charge is 0.390 e. The molecule has 1 aliphatic rings. The summed E-state index contributed by atoms with van der Waals surface area (Å²) in [6.07, 6.45) is -4.42. The summed E-state index contributed by atoms with van der Waals surface area (Å²) in [5.74, 6) is 0. The number of hydrogen-bond acceptors (Lipinski definition) is 6. The van der Waals surface area contributed by atoms with Crippen molar-refractivity contribution in [1.82, 2.24) is 0 Å². The normalized spacial score (nSPS) is 44.0. The Bertz CT molecular complexity index is 203. The number of aliphatic hydroxyl groups excluding tert-OH is 4. The molecule has 1 rings (SSSR count). The number of rotatable bonds is 3. The van der Waals surface area contributed by atoms with Crippen LogP contribution in [0.15, 0.2) is 0 Å². The maximum atomic E-state index is 9.65. The lowest BCUT2D eigenvalue weighted by Gasteiger charge is -2.40. The van der Waals surface area contributed by atoms with Gasteiger partial charge in [0.2, 0.25) is 0 Å². The molecule has 1 unspecified atom stereocenters. The molecule has 0 aromatic carbocycles. The second-order valence-corrected chi connectivity index (χ2v) is 4.33. The maximum Gasteiger partial charge on any atom is 0.129 e. The lowest BCUT2D eigenvalue weighted by atomic mass is 9.94. The Balaban J connectivity index is 2.65. The highest BCUT2D eigenvalue weighted by Crippen LogP contribution is 2.26. The summed E-state index contributed by atoms with van der Waals surface area (Å²) in [5.41, 5.74) is -0.889. The SMILES string of the molecule is CCCC(O)[C@H]1O[C@@H](S)[C@H](O)[C@@H](O)[C@H]1O. The number of hydrogen-bond donors (Lipinski definition) is 5. The first-order valence-corrected chi connectivity index (χ1v) is 5.56. The minimum atomic E-state index is -1.34. The molecule has 0 bridgehead atoms. The summed E-state index contributed by atoms with van der Waals surface area (Å²) < 4.78 is 5.15. The standard InChI is InChI=1S/C9H18O5S/c1-2-3-4(10)8-6(12)5(11)7(13)9(15)14-8/h4-13,15H,2-3H2,1H3/t4?,5-,6+,7+,8+,9-/m0/s1. The fourth-order valence-corrected chi connectivity index (χ4v) is 1.98. The summed E-state index contributed by atoms with van der Waals surface area (Å²) in [5, 5.41) is 38.1. The van der Waals surface area contributed by atoms with Gasteiger partial charge in [-0.1, -0.05) is 13.3 Å². The van der Waals surface area contributed by atoms with Gasteiger partial charge in [-0.2, -0.15) is 0 Å². The third kappa shape index (κ3) is 2.83. The molecule has 1 heterocycles. The Morgan fingerprint density at radius 1 is 1.20 bits per heavy atom. The highest BCUT2D eigenvalue weighted by Gasteiger charge is 2.44. The Morgan fingerprint density at radius 2 is 1.80 bits per heavy atom. The number of thiol groups is 1. The molecule has 0 amide bonds. The molecule has 1 saturated heterocycles. The number of ether oxygens (including phenoxy) is 1. The van der Waals surface area contributed by atoms with E-state index in [9.17, 15) is 20.4 Å². The summed E-state index contributed by atoms with van der Waals surface area (Å²) in [6.45, 7) is 1.89. The van der Waals surface area contributed by atoms with Crippen LogP contribution >= 0.6 is 12.6 Å².